The van der Waals surface area contributed by atoms with Gasteiger partial charge in [0.15, 0.2) is 0 Å². The molecule has 0 spiro atoms. The molecule has 3 aromatic rings. The second-order valence-corrected chi connectivity index (χ2v) is 7.84. The molecular formula is C20H20N4OS. The number of likely N-dealkylation sites (tertiary alicyclic amines) is 1. The van der Waals surface area contributed by atoms with Gasteiger partial charge in [0, 0.05) is 44.8 Å². The van der Waals surface area contributed by atoms with E-state index in [1.165, 1.54) is 5.56 Å². The molecule has 5 nitrogen and oxygen atoms in total. The highest BCUT2D eigenvalue weighted by Crippen LogP contribution is 2.35. The Morgan fingerprint density at radius 2 is 2.00 bits per heavy atom. The number of fused-ring (bicyclic) bond motifs is 3. The lowest BCUT2D eigenvalue weighted by Gasteiger charge is -2.38. The van der Waals surface area contributed by atoms with E-state index in [9.17, 15) is 4.79 Å². The molecule has 2 aliphatic heterocycles. The van der Waals surface area contributed by atoms with Crippen LogP contribution in [0.1, 0.15) is 27.7 Å². The standard InChI is InChI=1S/C20H20N4OS/c25-20-17-4-2-7-23(17)18-12-22(10-16-5-8-26-14-16)13-19(18)24(20)11-15-3-1-6-21-9-15/h1-9,14,18-19H,10-13H2/t18-,19-/m0/s1. The van der Waals surface area contributed by atoms with Crippen LogP contribution in [0.3, 0.4) is 0 Å². The summed E-state index contributed by atoms with van der Waals surface area (Å²) in [6.07, 6.45) is 5.68. The number of pyridine rings is 1. The highest BCUT2D eigenvalue weighted by atomic mass is 32.1. The molecule has 0 aliphatic carbocycles. The molecular weight excluding hydrogens is 344 g/mol. The van der Waals surface area contributed by atoms with Crippen molar-refractivity contribution in [2.45, 2.75) is 25.2 Å². The first-order valence-electron chi connectivity index (χ1n) is 8.90. The normalized spacial score (nSPS) is 22.5. The SMILES string of the molecule is O=C1c2cccn2[C@H]2CN(Cc3ccsc3)C[C@@H]2N1Cc1cccnc1. The van der Waals surface area contributed by atoms with Crippen LogP contribution in [0.4, 0.5) is 0 Å². The molecule has 132 valence electrons. The number of aromatic nitrogens is 2. The second kappa shape index (κ2) is 6.37. The smallest absolute Gasteiger partial charge is 0.271 e. The number of carbonyl (C=O) groups is 1. The molecule has 0 radical (unpaired) electrons. The Hall–Kier alpha value is -2.44. The summed E-state index contributed by atoms with van der Waals surface area (Å²) < 4.78 is 2.18. The molecule has 6 heteroatoms. The van der Waals surface area contributed by atoms with Gasteiger partial charge in [-0.2, -0.15) is 11.3 Å². The van der Waals surface area contributed by atoms with Crippen LogP contribution in [0.2, 0.25) is 0 Å². The van der Waals surface area contributed by atoms with Crippen LogP contribution in [0.25, 0.3) is 0 Å². The maximum atomic E-state index is 13.1. The molecule has 5 heterocycles. The molecule has 0 bridgehead atoms. The Kier molecular flexibility index (Phi) is 3.87. The highest BCUT2D eigenvalue weighted by Gasteiger charge is 2.44. The van der Waals surface area contributed by atoms with Gasteiger partial charge in [0.05, 0.1) is 12.1 Å². The van der Waals surface area contributed by atoms with Crippen molar-refractivity contribution in [1.29, 1.82) is 0 Å². The molecule has 26 heavy (non-hydrogen) atoms. The van der Waals surface area contributed by atoms with Gasteiger partial charge in [-0.3, -0.25) is 14.7 Å². The monoisotopic (exact) mass is 364 g/mol. The zero-order valence-electron chi connectivity index (χ0n) is 14.4. The van der Waals surface area contributed by atoms with Crippen LogP contribution in [-0.4, -0.2) is 44.4 Å². The van der Waals surface area contributed by atoms with Gasteiger partial charge in [-0.15, -0.1) is 0 Å². The van der Waals surface area contributed by atoms with Gasteiger partial charge in [0.2, 0.25) is 0 Å². The first-order chi connectivity index (χ1) is 12.8. The van der Waals surface area contributed by atoms with E-state index in [1.807, 2.05) is 35.4 Å². The Morgan fingerprint density at radius 1 is 1.08 bits per heavy atom. The minimum Gasteiger partial charge on any atom is -0.337 e. The van der Waals surface area contributed by atoms with E-state index in [2.05, 4.69) is 37.5 Å². The summed E-state index contributed by atoms with van der Waals surface area (Å²) in [7, 11) is 0. The molecule has 5 rings (SSSR count). The predicted molar refractivity (Wildman–Crippen MR) is 101 cm³/mol. The number of thiophene rings is 1. The first-order valence-corrected chi connectivity index (χ1v) is 9.84. The molecule has 1 amide bonds. The average molecular weight is 364 g/mol. The number of amides is 1. The Morgan fingerprint density at radius 3 is 2.81 bits per heavy atom. The van der Waals surface area contributed by atoms with Crippen LogP contribution in [-0.2, 0) is 13.1 Å². The predicted octanol–water partition coefficient (Wildman–Crippen LogP) is 3.03. The summed E-state index contributed by atoms with van der Waals surface area (Å²) >= 11 is 1.74. The fourth-order valence-electron chi connectivity index (χ4n) is 4.24. The van der Waals surface area contributed by atoms with Crippen molar-refractivity contribution in [2.75, 3.05) is 13.1 Å². The van der Waals surface area contributed by atoms with E-state index < -0.39 is 0 Å². The van der Waals surface area contributed by atoms with Crippen LogP contribution in [0.5, 0.6) is 0 Å². The second-order valence-electron chi connectivity index (χ2n) is 7.06. The van der Waals surface area contributed by atoms with Crippen molar-refractivity contribution in [3.8, 4) is 0 Å². The van der Waals surface area contributed by atoms with E-state index in [0.717, 1.165) is 30.9 Å². The maximum Gasteiger partial charge on any atom is 0.271 e. The highest BCUT2D eigenvalue weighted by molar-refractivity contribution is 7.07. The van der Waals surface area contributed by atoms with Crippen molar-refractivity contribution < 1.29 is 4.79 Å². The minimum absolute atomic E-state index is 0.123. The van der Waals surface area contributed by atoms with Crippen molar-refractivity contribution in [2.24, 2.45) is 0 Å². The Bertz CT molecular complexity index is 905. The van der Waals surface area contributed by atoms with Crippen LogP contribution in [0.15, 0.2) is 59.7 Å². The Labute approximate surface area is 156 Å². The maximum absolute atomic E-state index is 13.1. The van der Waals surface area contributed by atoms with Gasteiger partial charge in [-0.25, -0.2) is 0 Å². The number of hydrogen-bond donors (Lipinski definition) is 0. The third-order valence-electron chi connectivity index (χ3n) is 5.41. The zero-order valence-corrected chi connectivity index (χ0v) is 15.2. The number of hydrogen-bond acceptors (Lipinski definition) is 4. The summed E-state index contributed by atoms with van der Waals surface area (Å²) in [5, 5.41) is 4.34. The average Bonchev–Trinajstić information content (AvgIpc) is 3.40. The lowest BCUT2D eigenvalue weighted by Crippen LogP contribution is -2.49. The summed E-state index contributed by atoms with van der Waals surface area (Å²) in [6, 6.07) is 10.6. The summed E-state index contributed by atoms with van der Waals surface area (Å²) in [5.74, 6) is 0.123. The van der Waals surface area contributed by atoms with Crippen molar-refractivity contribution >= 4 is 17.2 Å². The summed E-state index contributed by atoms with van der Waals surface area (Å²) in [5.41, 5.74) is 3.23. The van der Waals surface area contributed by atoms with Gasteiger partial charge in [-0.1, -0.05) is 6.07 Å². The number of carbonyl (C=O) groups excluding carboxylic acids is 1. The van der Waals surface area contributed by atoms with Crippen LogP contribution >= 0.6 is 11.3 Å². The third-order valence-corrected chi connectivity index (χ3v) is 6.15. The molecule has 1 fully saturated rings. The summed E-state index contributed by atoms with van der Waals surface area (Å²) in [6.45, 7) is 3.44. The van der Waals surface area contributed by atoms with E-state index in [0.29, 0.717) is 12.6 Å². The van der Waals surface area contributed by atoms with E-state index in [-0.39, 0.29) is 11.9 Å². The van der Waals surface area contributed by atoms with Crippen molar-refractivity contribution in [3.63, 3.8) is 0 Å². The van der Waals surface area contributed by atoms with Gasteiger partial charge in [-0.05, 0) is 46.2 Å². The van der Waals surface area contributed by atoms with Gasteiger partial charge < -0.3 is 9.47 Å². The number of nitrogens with zero attached hydrogens (tertiary/aromatic N) is 4. The quantitative estimate of drug-likeness (QED) is 0.715. The fourth-order valence-corrected chi connectivity index (χ4v) is 4.90. The fraction of sp³-hybridized carbons (Fsp3) is 0.300. The topological polar surface area (TPSA) is 41.4 Å². The molecule has 0 aromatic carbocycles. The molecule has 0 N–H and O–H groups in total. The van der Waals surface area contributed by atoms with Crippen LogP contribution < -0.4 is 0 Å². The lowest BCUT2D eigenvalue weighted by molar-refractivity contribution is 0.0556. The van der Waals surface area contributed by atoms with E-state index >= 15 is 0 Å². The molecule has 0 saturated carbocycles. The van der Waals surface area contributed by atoms with Crippen LogP contribution in [0, 0.1) is 0 Å². The van der Waals surface area contributed by atoms with Crippen molar-refractivity contribution in [3.05, 3.63) is 76.5 Å². The van der Waals surface area contributed by atoms with Crippen molar-refractivity contribution in [1.82, 2.24) is 19.4 Å². The third kappa shape index (κ3) is 2.66. The Balaban J connectivity index is 1.45. The largest absolute Gasteiger partial charge is 0.337 e. The molecule has 2 aliphatic rings. The zero-order chi connectivity index (χ0) is 17.5. The molecule has 0 unspecified atom stereocenters. The molecule has 3 aromatic heterocycles. The van der Waals surface area contributed by atoms with Gasteiger partial charge in [0.25, 0.3) is 5.91 Å². The lowest BCUT2D eigenvalue weighted by atomic mass is 10.0. The molecule has 1 saturated heterocycles. The minimum atomic E-state index is 0.123. The van der Waals surface area contributed by atoms with Gasteiger partial charge in [0.1, 0.15) is 5.69 Å². The van der Waals surface area contributed by atoms with E-state index in [1.54, 1.807) is 17.5 Å². The number of rotatable bonds is 4. The summed E-state index contributed by atoms with van der Waals surface area (Å²) in [4.78, 5) is 21.8. The van der Waals surface area contributed by atoms with Gasteiger partial charge >= 0.3 is 0 Å². The molecule has 2 atom stereocenters. The first kappa shape index (κ1) is 15.8. The van der Waals surface area contributed by atoms with E-state index in [4.69, 9.17) is 0 Å².